The Hall–Kier alpha value is -0.730. The van der Waals surface area contributed by atoms with Gasteiger partial charge in [0.2, 0.25) is 0 Å². The predicted molar refractivity (Wildman–Crippen MR) is 67.5 cm³/mol. The van der Waals surface area contributed by atoms with Gasteiger partial charge in [0.1, 0.15) is 0 Å². The quantitative estimate of drug-likeness (QED) is 0.726. The average molecular weight is 226 g/mol. The van der Waals surface area contributed by atoms with Crippen LogP contribution < -0.4 is 0 Å². The minimum Gasteiger partial charge on any atom is -0.328 e. The molecule has 0 spiro atoms. The van der Waals surface area contributed by atoms with Crippen LogP contribution in [-0.2, 0) is 0 Å². The number of likely N-dealkylation sites (tertiary alicyclic amines) is 1. The molecule has 0 aliphatic carbocycles. The molecular weight excluding hydrogens is 200 g/mol. The van der Waals surface area contributed by atoms with Crippen LogP contribution in [0, 0.1) is 11.8 Å². The van der Waals surface area contributed by atoms with Crippen LogP contribution in [0.5, 0.6) is 0 Å². The van der Waals surface area contributed by atoms with E-state index in [9.17, 15) is 4.79 Å². The maximum atomic E-state index is 12.1. The van der Waals surface area contributed by atoms with Crippen LogP contribution in [0.15, 0.2) is 0 Å². The summed E-state index contributed by atoms with van der Waals surface area (Å²) < 4.78 is 0. The molecule has 0 N–H and O–H groups in total. The first-order valence-electron chi connectivity index (χ1n) is 6.50. The Labute approximate surface area is 99.8 Å². The van der Waals surface area contributed by atoms with E-state index in [2.05, 4.69) is 20.8 Å². The first-order valence-corrected chi connectivity index (χ1v) is 6.50. The summed E-state index contributed by atoms with van der Waals surface area (Å²) in [7, 11) is 1.92. The van der Waals surface area contributed by atoms with Gasteiger partial charge in [-0.25, -0.2) is 4.79 Å². The molecule has 1 heterocycles. The van der Waals surface area contributed by atoms with Crippen molar-refractivity contribution in [2.45, 2.75) is 40.0 Å². The Bertz CT molecular complexity index is 228. The van der Waals surface area contributed by atoms with E-state index in [-0.39, 0.29) is 6.03 Å². The summed E-state index contributed by atoms with van der Waals surface area (Å²) in [6.45, 7) is 9.37. The first kappa shape index (κ1) is 13.3. The van der Waals surface area contributed by atoms with Crippen LogP contribution in [0.1, 0.15) is 40.0 Å². The van der Waals surface area contributed by atoms with Gasteiger partial charge in [-0.1, -0.05) is 20.8 Å². The first-order chi connectivity index (χ1) is 7.50. The minimum absolute atomic E-state index is 0.215. The number of carbonyl (C=O) groups is 1. The van der Waals surface area contributed by atoms with Gasteiger partial charge in [0, 0.05) is 26.7 Å². The summed E-state index contributed by atoms with van der Waals surface area (Å²) in [5.41, 5.74) is 0. The number of hydrogen-bond donors (Lipinski definition) is 0. The molecule has 1 aliphatic heterocycles. The highest BCUT2D eigenvalue weighted by Crippen LogP contribution is 2.16. The van der Waals surface area contributed by atoms with Crippen molar-refractivity contribution in [3.05, 3.63) is 0 Å². The van der Waals surface area contributed by atoms with Crippen molar-refractivity contribution < 1.29 is 4.79 Å². The number of nitrogens with zero attached hydrogens (tertiary/aromatic N) is 2. The fourth-order valence-corrected chi connectivity index (χ4v) is 2.15. The van der Waals surface area contributed by atoms with Crippen molar-refractivity contribution in [2.24, 2.45) is 11.8 Å². The maximum Gasteiger partial charge on any atom is 0.319 e. The summed E-state index contributed by atoms with van der Waals surface area (Å²) in [4.78, 5) is 16.0. The molecule has 2 amide bonds. The number of hydrogen-bond acceptors (Lipinski definition) is 1. The fraction of sp³-hybridized carbons (Fsp3) is 0.923. The van der Waals surface area contributed by atoms with Crippen LogP contribution in [0.3, 0.4) is 0 Å². The Morgan fingerprint density at radius 1 is 1.50 bits per heavy atom. The van der Waals surface area contributed by atoms with Gasteiger partial charge in [0.15, 0.2) is 0 Å². The summed E-state index contributed by atoms with van der Waals surface area (Å²) in [5.74, 6) is 1.33. The predicted octanol–water partition coefficient (Wildman–Crippen LogP) is 2.82. The molecule has 0 bridgehead atoms. The van der Waals surface area contributed by atoms with Gasteiger partial charge in [0.05, 0.1) is 0 Å². The van der Waals surface area contributed by atoms with Gasteiger partial charge in [-0.05, 0) is 31.1 Å². The van der Waals surface area contributed by atoms with E-state index in [1.165, 1.54) is 6.42 Å². The molecule has 1 saturated heterocycles. The summed E-state index contributed by atoms with van der Waals surface area (Å²) >= 11 is 0. The maximum absolute atomic E-state index is 12.1. The van der Waals surface area contributed by atoms with Crippen molar-refractivity contribution in [1.29, 1.82) is 0 Å². The van der Waals surface area contributed by atoms with Gasteiger partial charge in [-0.3, -0.25) is 0 Å². The normalized spacial score (nSPS) is 21.3. The number of amides is 2. The summed E-state index contributed by atoms with van der Waals surface area (Å²) in [6, 6.07) is 0.215. The van der Waals surface area contributed by atoms with Crippen LogP contribution in [-0.4, -0.2) is 42.5 Å². The van der Waals surface area contributed by atoms with E-state index < -0.39 is 0 Å². The van der Waals surface area contributed by atoms with E-state index in [0.29, 0.717) is 11.8 Å². The molecule has 3 nitrogen and oxygen atoms in total. The Kier molecular flexibility index (Phi) is 5.10. The van der Waals surface area contributed by atoms with Crippen LogP contribution in [0.4, 0.5) is 4.79 Å². The molecule has 16 heavy (non-hydrogen) atoms. The molecule has 94 valence electrons. The van der Waals surface area contributed by atoms with Gasteiger partial charge >= 0.3 is 6.03 Å². The third-order valence-electron chi connectivity index (χ3n) is 3.30. The molecule has 0 radical (unpaired) electrons. The molecular formula is C13H26N2O. The Balaban J connectivity index is 2.37. The topological polar surface area (TPSA) is 23.6 Å². The number of carbonyl (C=O) groups excluding carboxylic acids is 1. The summed E-state index contributed by atoms with van der Waals surface area (Å²) in [6.07, 6.45) is 3.51. The zero-order valence-electron chi connectivity index (χ0n) is 11.2. The van der Waals surface area contributed by atoms with Gasteiger partial charge < -0.3 is 9.80 Å². The molecule has 0 aromatic heterocycles. The van der Waals surface area contributed by atoms with E-state index in [1.54, 1.807) is 0 Å². The molecule has 1 rings (SSSR count). The Morgan fingerprint density at radius 2 is 2.19 bits per heavy atom. The largest absolute Gasteiger partial charge is 0.328 e. The number of urea groups is 1. The van der Waals surface area contributed by atoms with Gasteiger partial charge in [-0.15, -0.1) is 0 Å². The highest BCUT2D eigenvalue weighted by atomic mass is 16.2. The zero-order valence-corrected chi connectivity index (χ0v) is 11.2. The van der Waals surface area contributed by atoms with E-state index >= 15 is 0 Å². The number of piperidine rings is 1. The van der Waals surface area contributed by atoms with Gasteiger partial charge in [-0.2, -0.15) is 0 Å². The molecule has 1 unspecified atom stereocenters. The van der Waals surface area contributed by atoms with E-state index in [0.717, 1.165) is 32.5 Å². The minimum atomic E-state index is 0.215. The molecule has 1 fully saturated rings. The number of rotatable bonds is 3. The molecule has 0 aromatic carbocycles. The lowest BCUT2D eigenvalue weighted by atomic mass is 10.0. The molecule has 0 saturated carbocycles. The van der Waals surface area contributed by atoms with Crippen molar-refractivity contribution >= 4 is 6.03 Å². The monoisotopic (exact) mass is 226 g/mol. The lowest BCUT2D eigenvalue weighted by molar-refractivity contribution is 0.138. The molecule has 0 aromatic rings. The van der Waals surface area contributed by atoms with E-state index in [4.69, 9.17) is 0 Å². The third kappa shape index (κ3) is 4.03. The summed E-state index contributed by atoms with van der Waals surface area (Å²) in [5, 5.41) is 0. The van der Waals surface area contributed by atoms with Crippen LogP contribution in [0.2, 0.25) is 0 Å². The third-order valence-corrected chi connectivity index (χ3v) is 3.30. The van der Waals surface area contributed by atoms with E-state index in [1.807, 2.05) is 16.8 Å². The smallest absolute Gasteiger partial charge is 0.319 e. The molecule has 1 aliphatic rings. The van der Waals surface area contributed by atoms with Crippen molar-refractivity contribution in [2.75, 3.05) is 26.7 Å². The SMILES string of the molecule is CC(C)CCN(C)C(=O)N1CCCC(C)C1. The Morgan fingerprint density at radius 3 is 2.75 bits per heavy atom. The standard InChI is InChI=1S/C13H26N2O/c1-11(2)7-9-14(4)13(16)15-8-5-6-12(3)10-15/h11-12H,5-10H2,1-4H3. The highest BCUT2D eigenvalue weighted by Gasteiger charge is 2.23. The second kappa shape index (κ2) is 6.12. The van der Waals surface area contributed by atoms with Crippen LogP contribution in [0.25, 0.3) is 0 Å². The highest BCUT2D eigenvalue weighted by molar-refractivity contribution is 5.74. The second-order valence-electron chi connectivity index (χ2n) is 5.58. The van der Waals surface area contributed by atoms with Crippen molar-refractivity contribution in [1.82, 2.24) is 9.80 Å². The zero-order chi connectivity index (χ0) is 12.1. The van der Waals surface area contributed by atoms with Crippen molar-refractivity contribution in [3.63, 3.8) is 0 Å². The molecule has 1 atom stereocenters. The molecule has 3 heteroatoms. The van der Waals surface area contributed by atoms with Crippen LogP contribution >= 0.6 is 0 Å². The fourth-order valence-electron chi connectivity index (χ4n) is 2.15. The second-order valence-corrected chi connectivity index (χ2v) is 5.58. The van der Waals surface area contributed by atoms with Gasteiger partial charge in [0.25, 0.3) is 0 Å². The average Bonchev–Trinajstić information content (AvgIpc) is 2.24. The lowest BCUT2D eigenvalue weighted by Gasteiger charge is -2.34. The van der Waals surface area contributed by atoms with Crippen molar-refractivity contribution in [3.8, 4) is 0 Å². The lowest BCUT2D eigenvalue weighted by Crippen LogP contribution is -2.46.